The summed E-state index contributed by atoms with van der Waals surface area (Å²) in [5.41, 5.74) is -0.127. The Morgan fingerprint density at radius 3 is 2.42 bits per heavy atom. The molecule has 0 saturated heterocycles. The van der Waals surface area contributed by atoms with Gasteiger partial charge in [-0.25, -0.2) is 0 Å². The molecule has 0 unspecified atom stereocenters. The van der Waals surface area contributed by atoms with Crippen LogP contribution < -0.4 is 5.32 Å². The molecule has 0 atom stereocenters. The van der Waals surface area contributed by atoms with Crippen molar-refractivity contribution in [2.45, 2.75) is 38.5 Å². The van der Waals surface area contributed by atoms with Crippen molar-refractivity contribution in [2.24, 2.45) is 5.41 Å². The van der Waals surface area contributed by atoms with E-state index in [-0.39, 0.29) is 5.91 Å². The molecule has 0 heterocycles. The third-order valence-electron chi connectivity index (χ3n) is 3.73. The second kappa shape index (κ2) is 6.21. The maximum atomic E-state index is 12.5. The number of hydrogen-bond acceptors (Lipinski definition) is 2. The van der Waals surface area contributed by atoms with Gasteiger partial charge in [-0.05, 0) is 40.9 Å². The van der Waals surface area contributed by atoms with Gasteiger partial charge in [0, 0.05) is 4.47 Å². The molecule has 1 fully saturated rings. The third kappa shape index (κ3) is 3.16. The second-order valence-electron chi connectivity index (χ2n) is 5.04. The number of carbonyl (C=O) groups excluding carboxylic acids is 1. The molecule has 3 nitrogen and oxygen atoms in total. The number of hydrogen-bond donors (Lipinski definition) is 1. The number of halogens is 1. The Kier molecular flexibility index (Phi) is 4.60. The van der Waals surface area contributed by atoms with Gasteiger partial charge in [0.2, 0.25) is 5.91 Å². The first-order valence-electron chi connectivity index (χ1n) is 6.65. The lowest BCUT2D eigenvalue weighted by Gasteiger charge is -2.23. The third-order valence-corrected chi connectivity index (χ3v) is 4.42. The van der Waals surface area contributed by atoms with Gasteiger partial charge in [-0.2, -0.15) is 5.26 Å². The van der Waals surface area contributed by atoms with Crippen LogP contribution in [-0.2, 0) is 4.79 Å². The average Bonchev–Trinajstić information content (AvgIpc) is 2.67. The number of benzene rings is 1. The van der Waals surface area contributed by atoms with Crippen molar-refractivity contribution in [3.63, 3.8) is 0 Å². The summed E-state index contributed by atoms with van der Waals surface area (Å²) in [5, 5.41) is 12.4. The van der Waals surface area contributed by atoms with E-state index < -0.39 is 5.41 Å². The lowest BCUT2D eigenvalue weighted by atomic mass is 9.81. The zero-order valence-corrected chi connectivity index (χ0v) is 12.4. The van der Waals surface area contributed by atoms with Crippen molar-refractivity contribution in [3.8, 4) is 6.07 Å². The molecule has 1 aromatic carbocycles. The summed E-state index contributed by atoms with van der Waals surface area (Å²) in [4.78, 5) is 12.5. The molecule has 0 radical (unpaired) electrons. The van der Waals surface area contributed by atoms with E-state index in [1.54, 1.807) is 0 Å². The van der Waals surface area contributed by atoms with Crippen molar-refractivity contribution < 1.29 is 4.79 Å². The first kappa shape index (κ1) is 14.1. The van der Waals surface area contributed by atoms with Gasteiger partial charge >= 0.3 is 0 Å². The van der Waals surface area contributed by atoms with Crippen LogP contribution in [0.15, 0.2) is 28.7 Å². The molecule has 100 valence electrons. The van der Waals surface area contributed by atoms with Crippen LogP contribution in [0.2, 0.25) is 0 Å². The largest absolute Gasteiger partial charge is 0.324 e. The molecule has 0 aliphatic heterocycles. The van der Waals surface area contributed by atoms with Crippen LogP contribution in [-0.4, -0.2) is 5.91 Å². The summed E-state index contributed by atoms with van der Waals surface area (Å²) in [6, 6.07) is 9.75. The van der Waals surface area contributed by atoms with Crippen molar-refractivity contribution in [1.82, 2.24) is 0 Å². The van der Waals surface area contributed by atoms with Gasteiger partial charge in [0.1, 0.15) is 5.41 Å². The Balaban J connectivity index is 2.17. The Bertz CT molecular complexity index is 499. The smallest absolute Gasteiger partial charge is 0.244 e. The minimum absolute atomic E-state index is 0.163. The van der Waals surface area contributed by atoms with Gasteiger partial charge in [-0.3, -0.25) is 4.79 Å². The Hall–Kier alpha value is -1.34. The minimum Gasteiger partial charge on any atom is -0.324 e. The Labute approximate surface area is 122 Å². The standard InChI is InChI=1S/C15H17BrN2O/c16-12-7-3-4-8-13(12)18-14(19)15(11-17)9-5-1-2-6-10-15/h3-4,7-8H,1-2,5-6,9-10H2,(H,18,19). The van der Waals surface area contributed by atoms with Crippen molar-refractivity contribution in [2.75, 3.05) is 5.32 Å². The number of amides is 1. The zero-order valence-electron chi connectivity index (χ0n) is 10.8. The van der Waals surface area contributed by atoms with Crippen molar-refractivity contribution >= 4 is 27.5 Å². The fourth-order valence-electron chi connectivity index (χ4n) is 2.53. The lowest BCUT2D eigenvalue weighted by molar-refractivity contribution is -0.123. The van der Waals surface area contributed by atoms with Crippen LogP contribution in [0.1, 0.15) is 38.5 Å². The van der Waals surface area contributed by atoms with Gasteiger partial charge in [0.05, 0.1) is 11.8 Å². The van der Waals surface area contributed by atoms with Gasteiger partial charge in [0.15, 0.2) is 0 Å². The van der Waals surface area contributed by atoms with E-state index in [2.05, 4.69) is 27.3 Å². The van der Waals surface area contributed by atoms with Crippen molar-refractivity contribution in [1.29, 1.82) is 5.26 Å². The van der Waals surface area contributed by atoms with Crippen LogP contribution in [0.5, 0.6) is 0 Å². The number of nitriles is 1. The van der Waals surface area contributed by atoms with Crippen LogP contribution in [0, 0.1) is 16.7 Å². The molecule has 1 amide bonds. The van der Waals surface area contributed by atoms with Gasteiger partial charge in [-0.15, -0.1) is 0 Å². The molecule has 0 aromatic heterocycles. The Morgan fingerprint density at radius 2 is 1.84 bits per heavy atom. The summed E-state index contributed by atoms with van der Waals surface area (Å²) in [6.07, 6.45) is 5.48. The number of nitrogens with one attached hydrogen (secondary N) is 1. The summed E-state index contributed by atoms with van der Waals surface area (Å²) < 4.78 is 0.838. The molecule has 4 heteroatoms. The van der Waals surface area contributed by atoms with Crippen LogP contribution in [0.4, 0.5) is 5.69 Å². The van der Waals surface area contributed by atoms with Crippen LogP contribution >= 0.6 is 15.9 Å². The molecule has 1 N–H and O–H groups in total. The minimum atomic E-state index is -0.855. The highest BCUT2D eigenvalue weighted by atomic mass is 79.9. The van der Waals surface area contributed by atoms with Gasteiger partial charge in [-0.1, -0.05) is 37.8 Å². The number of carbonyl (C=O) groups is 1. The quantitative estimate of drug-likeness (QED) is 0.828. The number of rotatable bonds is 2. The SMILES string of the molecule is N#CC1(C(=O)Nc2ccccc2Br)CCCCCC1. The monoisotopic (exact) mass is 320 g/mol. The van der Waals surface area contributed by atoms with E-state index >= 15 is 0 Å². The number of anilines is 1. The molecule has 19 heavy (non-hydrogen) atoms. The molecule has 1 aliphatic rings. The lowest BCUT2D eigenvalue weighted by Crippen LogP contribution is -2.34. The highest BCUT2D eigenvalue weighted by Crippen LogP contribution is 2.36. The summed E-state index contributed by atoms with van der Waals surface area (Å²) in [6.45, 7) is 0. The topological polar surface area (TPSA) is 52.9 Å². The van der Waals surface area contributed by atoms with Crippen molar-refractivity contribution in [3.05, 3.63) is 28.7 Å². The number of nitrogens with zero attached hydrogens (tertiary/aromatic N) is 1. The van der Waals surface area contributed by atoms with E-state index in [0.29, 0.717) is 12.8 Å². The fourth-order valence-corrected chi connectivity index (χ4v) is 2.91. The van der Waals surface area contributed by atoms with E-state index in [4.69, 9.17) is 0 Å². The maximum Gasteiger partial charge on any atom is 0.244 e. The molecule has 2 rings (SSSR count). The van der Waals surface area contributed by atoms with Crippen LogP contribution in [0.25, 0.3) is 0 Å². The molecule has 1 aliphatic carbocycles. The second-order valence-corrected chi connectivity index (χ2v) is 5.90. The summed E-state index contributed by atoms with van der Waals surface area (Å²) in [5.74, 6) is -0.163. The van der Waals surface area contributed by atoms with E-state index in [1.807, 2.05) is 24.3 Å². The first-order valence-corrected chi connectivity index (χ1v) is 7.44. The van der Waals surface area contributed by atoms with E-state index in [9.17, 15) is 10.1 Å². The molecule has 1 saturated carbocycles. The van der Waals surface area contributed by atoms with Crippen LogP contribution in [0.3, 0.4) is 0 Å². The zero-order chi connectivity index (χ0) is 13.7. The molecule has 0 spiro atoms. The Morgan fingerprint density at radius 1 is 1.21 bits per heavy atom. The van der Waals surface area contributed by atoms with Gasteiger partial charge in [0.25, 0.3) is 0 Å². The van der Waals surface area contributed by atoms with Gasteiger partial charge < -0.3 is 5.32 Å². The normalized spacial score (nSPS) is 18.1. The molecule has 0 bridgehead atoms. The van der Waals surface area contributed by atoms with E-state index in [0.717, 1.165) is 35.8 Å². The van der Waals surface area contributed by atoms with E-state index in [1.165, 1.54) is 0 Å². The maximum absolute atomic E-state index is 12.5. The predicted octanol–water partition coefficient (Wildman–Crippen LogP) is 4.25. The first-order chi connectivity index (χ1) is 9.18. The fraction of sp³-hybridized carbons (Fsp3) is 0.467. The molecular formula is C15H17BrN2O. The number of para-hydroxylation sites is 1. The summed E-state index contributed by atoms with van der Waals surface area (Å²) in [7, 11) is 0. The predicted molar refractivity (Wildman–Crippen MR) is 78.5 cm³/mol. The average molecular weight is 321 g/mol. The summed E-state index contributed by atoms with van der Waals surface area (Å²) >= 11 is 3.41. The highest BCUT2D eigenvalue weighted by Gasteiger charge is 2.39. The molecule has 1 aromatic rings. The highest BCUT2D eigenvalue weighted by molar-refractivity contribution is 9.10. The molecular weight excluding hydrogens is 304 g/mol.